The number of anilines is 2. The largest absolute Gasteiger partial charge is 0.439 e. The van der Waals surface area contributed by atoms with E-state index in [-0.39, 0.29) is 12.3 Å². The summed E-state index contributed by atoms with van der Waals surface area (Å²) in [6, 6.07) is 19.0. The predicted molar refractivity (Wildman–Crippen MR) is 225 cm³/mol. The van der Waals surface area contributed by atoms with Crippen molar-refractivity contribution in [3.05, 3.63) is 97.6 Å². The highest BCUT2D eigenvalue weighted by molar-refractivity contribution is 8.01. The zero-order valence-electron chi connectivity index (χ0n) is 32.1. The van der Waals surface area contributed by atoms with E-state index in [2.05, 4.69) is 64.0 Å². The van der Waals surface area contributed by atoms with E-state index in [1.54, 1.807) is 24.8 Å². The molecule has 6 heterocycles. The molecule has 16 nitrogen and oxygen atoms in total. The molecule has 8 rings (SSSR count). The number of ether oxygens (including phenoxy) is 2. The third-order valence-corrected chi connectivity index (χ3v) is 12.3. The second-order valence-electron chi connectivity index (χ2n) is 13.8. The number of rotatable bonds is 10. The van der Waals surface area contributed by atoms with Gasteiger partial charge in [0.15, 0.2) is 11.7 Å². The van der Waals surface area contributed by atoms with Crippen LogP contribution in [0.25, 0.3) is 0 Å². The maximum atomic E-state index is 13.3. The number of esters is 2. The van der Waals surface area contributed by atoms with Crippen LogP contribution in [0, 0.1) is 0 Å². The maximum absolute atomic E-state index is 13.3. The van der Waals surface area contributed by atoms with Crippen molar-refractivity contribution in [2.24, 2.45) is 9.98 Å². The quantitative estimate of drug-likeness (QED) is 0.174. The van der Waals surface area contributed by atoms with Gasteiger partial charge in [-0.25, -0.2) is 39.5 Å². The molecule has 0 amide bonds. The van der Waals surface area contributed by atoms with Crippen LogP contribution in [0.4, 0.5) is 23.3 Å². The lowest BCUT2D eigenvalue weighted by Crippen LogP contribution is -2.56. The summed E-state index contributed by atoms with van der Waals surface area (Å²) >= 11 is 2.77. The number of para-hydroxylation sites is 2. The molecule has 2 N–H and O–H groups in total. The first-order valence-corrected chi connectivity index (χ1v) is 21.0. The fraction of sp³-hybridized carbons (Fsp3) is 0.350. The second kappa shape index (κ2) is 18.4. The van der Waals surface area contributed by atoms with E-state index in [0.717, 1.165) is 97.6 Å². The van der Waals surface area contributed by atoms with Crippen molar-refractivity contribution in [1.82, 2.24) is 40.4 Å². The molecule has 2 aromatic carbocycles. The van der Waals surface area contributed by atoms with Gasteiger partial charge in [-0.2, -0.15) is 0 Å². The van der Waals surface area contributed by atoms with E-state index >= 15 is 0 Å². The fourth-order valence-corrected chi connectivity index (χ4v) is 8.92. The highest BCUT2D eigenvalue weighted by atomic mass is 32.2. The van der Waals surface area contributed by atoms with Crippen LogP contribution in [0.2, 0.25) is 0 Å². The summed E-state index contributed by atoms with van der Waals surface area (Å²) in [4.78, 5) is 64.5. The van der Waals surface area contributed by atoms with Crippen LogP contribution in [-0.2, 0) is 19.1 Å². The number of nitrogens with zero attached hydrogens (tertiary/aromatic N) is 10. The topological polar surface area (TPSA) is 166 Å². The number of amidine groups is 2. The number of hydrogen-bond acceptors (Lipinski definition) is 18. The molecule has 2 fully saturated rings. The van der Waals surface area contributed by atoms with Gasteiger partial charge in [-0.05, 0) is 50.2 Å². The Kier molecular flexibility index (Phi) is 12.4. The lowest BCUT2D eigenvalue weighted by Gasteiger charge is -2.39. The van der Waals surface area contributed by atoms with Crippen LogP contribution in [0.3, 0.4) is 0 Å². The maximum Gasteiger partial charge on any atom is 0.332 e. The number of carbonyl (C=O) groups excluding carboxylic acids is 2. The van der Waals surface area contributed by atoms with Crippen LogP contribution in [0.1, 0.15) is 13.8 Å². The summed E-state index contributed by atoms with van der Waals surface area (Å²) < 4.78 is 11.8. The molecular weight excluding hydrogens is 777 g/mol. The van der Waals surface area contributed by atoms with Crippen LogP contribution in [0.15, 0.2) is 117 Å². The Morgan fingerprint density at radius 3 is 1.38 bits per heavy atom. The standard InChI is InChI=1S/C40H44N12O4S2/c1-27(49-19-23-51(24-20-49)39-41-15-7-16-42-39)45-35-37(57-31-11-5-3-9-29(31)47-35)55-33(53)13-14-34(54)56-38-36(48-30-10-4-6-12-32(30)58-38)46-28(2)50-21-25-52(26-22-50)40-43-17-8-18-44-40/h3-18,27-28,37-38H,19-26H2,1-2H3,(H,45,47)(H,46,48)/b14-13+. The molecule has 2 saturated heterocycles. The van der Waals surface area contributed by atoms with Gasteiger partial charge in [-0.1, -0.05) is 47.8 Å². The summed E-state index contributed by atoms with van der Waals surface area (Å²) in [7, 11) is 0. The third kappa shape index (κ3) is 9.58. The number of carbonyl (C=O) groups is 2. The average Bonchev–Trinajstić information content (AvgIpc) is 3.26. The minimum Gasteiger partial charge on any atom is -0.439 e. The molecule has 2 aromatic heterocycles. The van der Waals surface area contributed by atoms with Gasteiger partial charge in [0, 0.05) is 99.1 Å². The Bertz CT molecular complexity index is 2000. The minimum atomic E-state index is -0.763. The smallest absolute Gasteiger partial charge is 0.332 e. The van der Waals surface area contributed by atoms with Gasteiger partial charge < -0.3 is 29.9 Å². The van der Waals surface area contributed by atoms with Crippen LogP contribution < -0.4 is 20.4 Å². The normalized spacial score (nSPS) is 20.9. The van der Waals surface area contributed by atoms with Crippen molar-refractivity contribution in [2.75, 3.05) is 62.2 Å². The van der Waals surface area contributed by atoms with Gasteiger partial charge >= 0.3 is 11.9 Å². The molecule has 0 bridgehead atoms. The molecule has 58 heavy (non-hydrogen) atoms. The predicted octanol–water partition coefficient (Wildman–Crippen LogP) is 4.05. The number of piperazine rings is 2. The summed E-state index contributed by atoms with van der Waals surface area (Å²) in [6.07, 6.45) is 8.99. The highest BCUT2D eigenvalue weighted by Gasteiger charge is 2.32. The number of aromatic nitrogens is 4. The van der Waals surface area contributed by atoms with Gasteiger partial charge in [-0.15, -0.1) is 0 Å². The summed E-state index contributed by atoms with van der Waals surface area (Å²) in [5.41, 5.74) is 0.0502. The summed E-state index contributed by atoms with van der Waals surface area (Å²) in [5.74, 6) is 1.08. The van der Waals surface area contributed by atoms with E-state index in [0.29, 0.717) is 11.7 Å². The summed E-state index contributed by atoms with van der Waals surface area (Å²) in [5, 5.41) is 7.00. The van der Waals surface area contributed by atoms with Gasteiger partial charge in [0.1, 0.15) is 0 Å². The monoisotopic (exact) mass is 820 g/mol. The molecule has 300 valence electrons. The van der Waals surface area contributed by atoms with Crippen molar-refractivity contribution in [1.29, 1.82) is 0 Å². The van der Waals surface area contributed by atoms with Crippen LogP contribution in [-0.4, -0.2) is 129 Å². The molecule has 4 aliphatic rings. The van der Waals surface area contributed by atoms with Crippen molar-refractivity contribution in [3.63, 3.8) is 0 Å². The molecule has 0 aliphatic carbocycles. The Morgan fingerprint density at radius 1 is 0.603 bits per heavy atom. The van der Waals surface area contributed by atoms with Crippen LogP contribution in [0.5, 0.6) is 0 Å². The first kappa shape index (κ1) is 39.3. The Labute approximate surface area is 345 Å². The highest BCUT2D eigenvalue weighted by Crippen LogP contribution is 2.39. The number of fused-ring (bicyclic) bond motifs is 2. The molecule has 0 spiro atoms. The van der Waals surface area contributed by atoms with E-state index in [1.165, 1.54) is 23.5 Å². The van der Waals surface area contributed by atoms with Gasteiger partial charge in [0.25, 0.3) is 0 Å². The number of benzene rings is 2. The molecule has 18 heteroatoms. The zero-order valence-corrected chi connectivity index (χ0v) is 33.8. The Balaban J connectivity index is 0.879. The Hall–Kier alpha value is -5.56. The molecule has 4 aromatic rings. The van der Waals surface area contributed by atoms with Crippen molar-refractivity contribution in [2.45, 2.75) is 46.8 Å². The van der Waals surface area contributed by atoms with Crippen molar-refractivity contribution >= 4 is 70.4 Å². The molecule has 4 atom stereocenters. The molecule has 4 unspecified atom stereocenters. The summed E-state index contributed by atoms with van der Waals surface area (Å²) in [6.45, 7) is 10.4. The number of thioether (sulfide) groups is 2. The SMILES string of the molecule is CC(NC1=Nc2ccccc2SC1OC(=O)/C=C/C(=O)OC1Sc2ccccc2N=C1NC(C)N1CCN(c2ncccn2)CC1)N1CCN(c2ncccn2)CC1. The van der Waals surface area contributed by atoms with E-state index in [4.69, 9.17) is 19.5 Å². The van der Waals surface area contributed by atoms with Crippen molar-refractivity contribution < 1.29 is 19.1 Å². The zero-order chi connectivity index (χ0) is 39.8. The first-order valence-electron chi connectivity index (χ1n) is 19.2. The lowest BCUT2D eigenvalue weighted by atomic mass is 10.3. The van der Waals surface area contributed by atoms with Crippen LogP contribution >= 0.6 is 23.5 Å². The van der Waals surface area contributed by atoms with Gasteiger partial charge in [0.2, 0.25) is 22.8 Å². The first-order chi connectivity index (χ1) is 28.4. The Morgan fingerprint density at radius 2 is 0.983 bits per heavy atom. The van der Waals surface area contributed by atoms with E-state index < -0.39 is 22.8 Å². The van der Waals surface area contributed by atoms with E-state index in [1.807, 2.05) is 60.7 Å². The lowest BCUT2D eigenvalue weighted by molar-refractivity contribution is -0.140. The number of aliphatic imine (C=N–C) groups is 2. The minimum absolute atomic E-state index is 0.103. The van der Waals surface area contributed by atoms with Gasteiger partial charge in [-0.3, -0.25) is 9.80 Å². The van der Waals surface area contributed by atoms with Gasteiger partial charge in [0.05, 0.1) is 23.7 Å². The molecule has 0 radical (unpaired) electrons. The fourth-order valence-electron chi connectivity index (χ4n) is 6.93. The molecule has 0 saturated carbocycles. The molecular formula is C40H44N12O4S2. The van der Waals surface area contributed by atoms with Crippen molar-refractivity contribution in [3.8, 4) is 0 Å². The second-order valence-corrected chi connectivity index (χ2v) is 16.0. The number of nitrogens with one attached hydrogen (secondary N) is 2. The third-order valence-electron chi connectivity index (χ3n) is 10.0. The molecule has 4 aliphatic heterocycles. The van der Waals surface area contributed by atoms with E-state index in [9.17, 15) is 9.59 Å². The average molecular weight is 821 g/mol. The number of hydrogen-bond donors (Lipinski definition) is 2.